The Labute approximate surface area is 113 Å². The van der Waals surface area contributed by atoms with Crippen LogP contribution in [0.1, 0.15) is 5.76 Å². The van der Waals surface area contributed by atoms with Gasteiger partial charge in [0.2, 0.25) is 11.1 Å². The summed E-state index contributed by atoms with van der Waals surface area (Å²) in [6, 6.07) is 1.64. The fourth-order valence-corrected chi connectivity index (χ4v) is 1.96. The summed E-state index contributed by atoms with van der Waals surface area (Å²) >= 11 is 1.24. The third-order valence-electron chi connectivity index (χ3n) is 2.03. The van der Waals surface area contributed by atoms with Crippen molar-refractivity contribution in [3.05, 3.63) is 24.5 Å². The van der Waals surface area contributed by atoms with Crippen molar-refractivity contribution in [1.29, 1.82) is 0 Å². The topological polar surface area (TPSA) is 98.7 Å². The van der Waals surface area contributed by atoms with Gasteiger partial charge in [-0.3, -0.25) is 4.79 Å². The van der Waals surface area contributed by atoms with Gasteiger partial charge in [-0.15, -0.1) is 11.7 Å². The van der Waals surface area contributed by atoms with Crippen LogP contribution < -0.4 is 5.32 Å². The molecule has 100 valence electrons. The van der Waals surface area contributed by atoms with Gasteiger partial charge in [0.15, 0.2) is 5.82 Å². The highest BCUT2D eigenvalue weighted by Crippen LogP contribution is 2.14. The smallest absolute Gasteiger partial charge is 0.236 e. The molecule has 2 heterocycles. The van der Waals surface area contributed by atoms with Crippen molar-refractivity contribution in [2.45, 2.75) is 18.6 Å². The van der Waals surface area contributed by atoms with E-state index in [0.29, 0.717) is 23.3 Å². The predicted octanol–water partition coefficient (Wildman–Crippen LogP) is 0.886. The van der Waals surface area contributed by atoms with E-state index in [1.54, 1.807) is 23.7 Å². The van der Waals surface area contributed by atoms with Crippen LogP contribution in [-0.4, -0.2) is 37.0 Å². The van der Waals surface area contributed by atoms with Crippen molar-refractivity contribution in [3.63, 3.8) is 0 Å². The van der Waals surface area contributed by atoms with Gasteiger partial charge in [-0.2, -0.15) is 0 Å². The molecule has 0 fully saturated rings. The maximum atomic E-state index is 11.7. The molecule has 8 nitrogen and oxygen atoms in total. The summed E-state index contributed by atoms with van der Waals surface area (Å²) in [7, 11) is 0. The van der Waals surface area contributed by atoms with Crippen LogP contribution >= 0.6 is 11.8 Å². The SMILES string of the molecule is C=CCn1nnnc1SCC(=O)Nc1cc(C)on1. The molecule has 0 atom stereocenters. The van der Waals surface area contributed by atoms with Crippen molar-refractivity contribution in [2.24, 2.45) is 0 Å². The molecule has 0 saturated heterocycles. The summed E-state index contributed by atoms with van der Waals surface area (Å²) in [4.78, 5) is 11.7. The van der Waals surface area contributed by atoms with E-state index < -0.39 is 0 Å². The monoisotopic (exact) mass is 280 g/mol. The van der Waals surface area contributed by atoms with E-state index in [1.807, 2.05) is 0 Å². The first-order valence-electron chi connectivity index (χ1n) is 5.42. The van der Waals surface area contributed by atoms with E-state index in [2.05, 4.69) is 32.6 Å². The van der Waals surface area contributed by atoms with Gasteiger partial charge in [-0.25, -0.2) is 4.68 Å². The zero-order valence-electron chi connectivity index (χ0n) is 10.2. The lowest BCUT2D eigenvalue weighted by Crippen LogP contribution is -2.14. The number of aromatic nitrogens is 5. The van der Waals surface area contributed by atoms with E-state index >= 15 is 0 Å². The second-order valence-corrected chi connectivity index (χ2v) is 4.53. The van der Waals surface area contributed by atoms with Gasteiger partial charge in [-0.1, -0.05) is 23.0 Å². The number of anilines is 1. The third kappa shape index (κ3) is 3.65. The first-order valence-corrected chi connectivity index (χ1v) is 6.40. The van der Waals surface area contributed by atoms with Gasteiger partial charge in [0.25, 0.3) is 0 Å². The van der Waals surface area contributed by atoms with Crippen LogP contribution in [0, 0.1) is 6.92 Å². The van der Waals surface area contributed by atoms with E-state index in [4.69, 9.17) is 4.52 Å². The van der Waals surface area contributed by atoms with Gasteiger partial charge >= 0.3 is 0 Å². The summed E-state index contributed by atoms with van der Waals surface area (Å²) in [6.07, 6.45) is 1.68. The van der Waals surface area contributed by atoms with E-state index in [1.165, 1.54) is 11.8 Å². The van der Waals surface area contributed by atoms with Crippen molar-refractivity contribution in [3.8, 4) is 0 Å². The number of nitrogens with one attached hydrogen (secondary N) is 1. The molecule has 2 rings (SSSR count). The average Bonchev–Trinajstić information content (AvgIpc) is 2.97. The van der Waals surface area contributed by atoms with Crippen LogP contribution in [0.2, 0.25) is 0 Å². The highest BCUT2D eigenvalue weighted by atomic mass is 32.2. The molecule has 0 aliphatic heterocycles. The van der Waals surface area contributed by atoms with Crippen LogP contribution in [0.15, 0.2) is 28.4 Å². The molecule has 0 spiro atoms. The Kier molecular flexibility index (Phi) is 4.29. The number of rotatable bonds is 6. The Morgan fingerprint density at radius 1 is 1.68 bits per heavy atom. The molecule has 1 N–H and O–H groups in total. The molecule has 0 aliphatic carbocycles. The Balaban J connectivity index is 1.86. The van der Waals surface area contributed by atoms with Gasteiger partial charge in [-0.05, 0) is 17.4 Å². The van der Waals surface area contributed by atoms with Crippen LogP contribution in [0.25, 0.3) is 0 Å². The lowest BCUT2D eigenvalue weighted by atomic mass is 10.5. The summed E-state index contributed by atoms with van der Waals surface area (Å²) in [6.45, 7) is 5.86. The first kappa shape index (κ1) is 13.3. The highest BCUT2D eigenvalue weighted by molar-refractivity contribution is 7.99. The fourth-order valence-electron chi connectivity index (χ4n) is 1.27. The predicted molar refractivity (Wildman–Crippen MR) is 68.6 cm³/mol. The molecule has 0 aliphatic rings. The number of allylic oxidation sites excluding steroid dienone is 1. The Morgan fingerprint density at radius 3 is 3.21 bits per heavy atom. The lowest BCUT2D eigenvalue weighted by Gasteiger charge is -2.01. The Morgan fingerprint density at radius 2 is 2.53 bits per heavy atom. The van der Waals surface area contributed by atoms with Gasteiger partial charge in [0.1, 0.15) is 5.76 Å². The van der Waals surface area contributed by atoms with Gasteiger partial charge in [0, 0.05) is 6.07 Å². The molecule has 0 radical (unpaired) electrons. The van der Waals surface area contributed by atoms with Crippen molar-refractivity contribution >= 4 is 23.5 Å². The molecule has 1 amide bonds. The number of thioether (sulfide) groups is 1. The van der Waals surface area contributed by atoms with Crippen molar-refractivity contribution in [1.82, 2.24) is 25.4 Å². The molecule has 0 aromatic carbocycles. The summed E-state index contributed by atoms with van der Waals surface area (Å²) < 4.78 is 6.41. The molecule has 0 bridgehead atoms. The minimum atomic E-state index is -0.202. The summed E-state index contributed by atoms with van der Waals surface area (Å²) in [5.41, 5.74) is 0. The maximum Gasteiger partial charge on any atom is 0.236 e. The minimum Gasteiger partial charge on any atom is -0.360 e. The van der Waals surface area contributed by atoms with Crippen molar-refractivity contribution in [2.75, 3.05) is 11.1 Å². The van der Waals surface area contributed by atoms with Gasteiger partial charge < -0.3 is 9.84 Å². The number of hydrogen-bond acceptors (Lipinski definition) is 7. The largest absolute Gasteiger partial charge is 0.360 e. The second-order valence-electron chi connectivity index (χ2n) is 3.59. The molecule has 19 heavy (non-hydrogen) atoms. The van der Waals surface area contributed by atoms with Crippen LogP contribution in [0.4, 0.5) is 5.82 Å². The third-order valence-corrected chi connectivity index (χ3v) is 2.99. The van der Waals surface area contributed by atoms with E-state index in [0.717, 1.165) is 0 Å². The molecule has 2 aromatic rings. The number of nitrogens with zero attached hydrogens (tertiary/aromatic N) is 5. The van der Waals surface area contributed by atoms with Crippen LogP contribution in [0.5, 0.6) is 0 Å². The zero-order chi connectivity index (χ0) is 13.7. The van der Waals surface area contributed by atoms with Crippen LogP contribution in [0.3, 0.4) is 0 Å². The molecular formula is C10H12N6O2S. The van der Waals surface area contributed by atoms with E-state index in [9.17, 15) is 4.79 Å². The second kappa shape index (κ2) is 6.14. The average molecular weight is 280 g/mol. The van der Waals surface area contributed by atoms with Crippen LogP contribution in [-0.2, 0) is 11.3 Å². The number of carbonyl (C=O) groups excluding carboxylic acids is 1. The first-order chi connectivity index (χ1) is 9.19. The van der Waals surface area contributed by atoms with E-state index in [-0.39, 0.29) is 11.7 Å². The fraction of sp³-hybridized carbons (Fsp3) is 0.300. The normalized spacial score (nSPS) is 10.4. The molecular weight excluding hydrogens is 268 g/mol. The summed E-state index contributed by atoms with van der Waals surface area (Å²) in [5, 5.41) is 18.0. The Bertz CT molecular complexity index is 578. The highest BCUT2D eigenvalue weighted by Gasteiger charge is 2.10. The lowest BCUT2D eigenvalue weighted by molar-refractivity contribution is -0.113. The molecule has 2 aromatic heterocycles. The Hall–Kier alpha value is -2.16. The maximum absolute atomic E-state index is 11.7. The van der Waals surface area contributed by atoms with Crippen molar-refractivity contribution < 1.29 is 9.32 Å². The number of tetrazole rings is 1. The summed E-state index contributed by atoms with van der Waals surface area (Å²) in [5.74, 6) is 1.02. The number of aryl methyl sites for hydroxylation is 1. The molecule has 0 saturated carbocycles. The zero-order valence-corrected chi connectivity index (χ0v) is 11.1. The molecule has 0 unspecified atom stereocenters. The van der Waals surface area contributed by atoms with Gasteiger partial charge in [0.05, 0.1) is 12.3 Å². The number of amides is 1. The standard InChI is InChI=1S/C10H12N6O2S/c1-3-4-16-10(12-14-15-16)19-6-9(17)11-8-5-7(2)18-13-8/h3,5H,1,4,6H2,2H3,(H,11,13,17). The number of carbonyl (C=O) groups is 1. The quantitative estimate of drug-likeness (QED) is 0.619. The molecule has 9 heteroatoms. The minimum absolute atomic E-state index is 0.184. The number of hydrogen-bond donors (Lipinski definition) is 1.